The van der Waals surface area contributed by atoms with Gasteiger partial charge in [-0.1, -0.05) is 0 Å². The molecule has 1 heterocycles. The van der Waals surface area contributed by atoms with Crippen molar-refractivity contribution < 1.29 is 37.4 Å². The maximum atomic E-state index is 11.4. The molecule has 1 aromatic rings. The Hall–Kier alpha value is -2.41. The largest absolute Gasteiger partial charge is 0.490 e. The van der Waals surface area contributed by atoms with Gasteiger partial charge in [0, 0.05) is 25.9 Å². The van der Waals surface area contributed by atoms with Gasteiger partial charge in [0.1, 0.15) is 6.04 Å². The molecule has 1 atom stereocenters. The van der Waals surface area contributed by atoms with E-state index in [1.807, 2.05) is 0 Å². The van der Waals surface area contributed by atoms with E-state index in [1.165, 1.54) is 23.3 Å². The van der Waals surface area contributed by atoms with Crippen LogP contribution in [0.1, 0.15) is 5.69 Å². The Kier molecular flexibility index (Phi) is 8.84. The molecule has 0 aliphatic heterocycles. The molecule has 1 rings (SSSR count). The Bertz CT molecular complexity index is 606. The van der Waals surface area contributed by atoms with Crippen molar-refractivity contribution in [2.75, 3.05) is 26.5 Å². The molecule has 142 valence electrons. The van der Waals surface area contributed by atoms with E-state index < -0.39 is 24.2 Å². The van der Waals surface area contributed by atoms with E-state index >= 15 is 0 Å². The number of halogens is 3. The lowest BCUT2D eigenvalue weighted by Gasteiger charge is -2.09. The van der Waals surface area contributed by atoms with E-state index in [0.29, 0.717) is 10.8 Å². The van der Waals surface area contributed by atoms with Gasteiger partial charge < -0.3 is 20.5 Å². The molecule has 0 saturated carbocycles. The van der Waals surface area contributed by atoms with Crippen molar-refractivity contribution in [1.29, 1.82) is 0 Å². The number of ether oxygens (including phenoxy) is 1. The number of aliphatic carboxylic acids is 1. The van der Waals surface area contributed by atoms with Crippen LogP contribution in [-0.2, 0) is 20.7 Å². The van der Waals surface area contributed by atoms with E-state index in [1.54, 1.807) is 19.5 Å². The molecule has 0 aromatic carbocycles. The second kappa shape index (κ2) is 9.78. The molecule has 0 fully saturated rings. The van der Waals surface area contributed by atoms with Crippen molar-refractivity contribution in [3.63, 3.8) is 0 Å². The molecule has 0 bridgehead atoms. The molecule has 0 aliphatic carbocycles. The molecule has 2 amide bonds. The number of hydrogen-bond acceptors (Lipinski definition) is 7. The first-order valence-corrected chi connectivity index (χ1v) is 7.32. The Morgan fingerprint density at radius 1 is 1.44 bits per heavy atom. The molecule has 1 aromatic heterocycles. The van der Waals surface area contributed by atoms with E-state index in [4.69, 9.17) is 15.6 Å². The van der Waals surface area contributed by atoms with Gasteiger partial charge in [0.15, 0.2) is 5.13 Å². The van der Waals surface area contributed by atoms with Gasteiger partial charge in [-0.2, -0.15) is 13.2 Å². The van der Waals surface area contributed by atoms with Crippen LogP contribution in [0.2, 0.25) is 0 Å². The van der Waals surface area contributed by atoms with Gasteiger partial charge in [-0.25, -0.2) is 14.6 Å². The number of carboxylic acid groups (broad SMARTS) is 1. The maximum Gasteiger partial charge on any atom is 0.490 e. The predicted molar refractivity (Wildman–Crippen MR) is 82.2 cm³/mol. The van der Waals surface area contributed by atoms with Crippen LogP contribution in [0.25, 0.3) is 0 Å². The number of methoxy groups -OCH3 is 1. The third kappa shape index (κ3) is 8.85. The zero-order valence-corrected chi connectivity index (χ0v) is 14.3. The highest BCUT2D eigenvalue weighted by molar-refractivity contribution is 7.13. The number of rotatable bonds is 4. The number of nitrogens with zero attached hydrogens (tertiary/aromatic N) is 2. The molecule has 1 unspecified atom stereocenters. The second-order valence-electron chi connectivity index (χ2n) is 4.61. The standard InChI is InChI=1S/C10H16N4O3S.C2HF3O2/c1-14(2)10(16)13-9-12-6(5-18-9)4-7(11)8(15)17-3;3-2(4,5)1(6)7/h5,7H,4,11H2,1-3H3,(H,12,13,16);(H,6,7). The average molecular weight is 386 g/mol. The summed E-state index contributed by atoms with van der Waals surface area (Å²) in [6.07, 6.45) is -4.80. The third-order valence-corrected chi connectivity index (χ3v) is 3.15. The normalized spacial score (nSPS) is 11.6. The summed E-state index contributed by atoms with van der Waals surface area (Å²) < 4.78 is 36.3. The summed E-state index contributed by atoms with van der Waals surface area (Å²) >= 11 is 1.28. The number of urea groups is 1. The quantitative estimate of drug-likeness (QED) is 0.655. The van der Waals surface area contributed by atoms with Crippen LogP contribution in [0.15, 0.2) is 5.38 Å². The molecule has 0 radical (unpaired) electrons. The van der Waals surface area contributed by atoms with Crippen molar-refractivity contribution in [2.45, 2.75) is 18.6 Å². The van der Waals surface area contributed by atoms with Crippen LogP contribution >= 0.6 is 11.3 Å². The number of anilines is 1. The summed E-state index contributed by atoms with van der Waals surface area (Å²) in [6.45, 7) is 0. The highest BCUT2D eigenvalue weighted by Crippen LogP contribution is 2.16. The zero-order valence-electron chi connectivity index (χ0n) is 13.5. The number of hydrogen-bond donors (Lipinski definition) is 3. The van der Waals surface area contributed by atoms with Gasteiger partial charge in [-0.3, -0.25) is 10.1 Å². The summed E-state index contributed by atoms with van der Waals surface area (Å²) in [5, 5.41) is 12.0. The summed E-state index contributed by atoms with van der Waals surface area (Å²) in [5.41, 5.74) is 6.26. The average Bonchev–Trinajstić information content (AvgIpc) is 2.92. The van der Waals surface area contributed by atoms with Gasteiger partial charge in [-0.15, -0.1) is 11.3 Å². The Labute approximate surface area is 144 Å². The van der Waals surface area contributed by atoms with Crippen molar-refractivity contribution in [2.24, 2.45) is 5.73 Å². The third-order valence-electron chi connectivity index (χ3n) is 2.35. The maximum absolute atomic E-state index is 11.4. The smallest absolute Gasteiger partial charge is 0.475 e. The number of aromatic nitrogens is 1. The van der Waals surface area contributed by atoms with Gasteiger partial charge in [0.25, 0.3) is 0 Å². The topological polar surface area (TPSA) is 135 Å². The first-order chi connectivity index (χ1) is 11.4. The number of amides is 2. The number of alkyl halides is 3. The van der Waals surface area contributed by atoms with E-state index in [0.717, 1.165) is 0 Å². The van der Waals surface area contributed by atoms with Gasteiger partial charge >= 0.3 is 24.1 Å². The lowest BCUT2D eigenvalue weighted by atomic mass is 10.2. The van der Waals surface area contributed by atoms with Crippen LogP contribution < -0.4 is 11.1 Å². The highest BCUT2D eigenvalue weighted by atomic mass is 32.1. The predicted octanol–water partition coefficient (Wildman–Crippen LogP) is 0.913. The Morgan fingerprint density at radius 3 is 2.36 bits per heavy atom. The molecule has 25 heavy (non-hydrogen) atoms. The Balaban J connectivity index is 0.000000697. The van der Waals surface area contributed by atoms with Crippen LogP contribution in [0.4, 0.5) is 23.1 Å². The summed E-state index contributed by atoms with van der Waals surface area (Å²) in [5.74, 6) is -3.24. The molecular formula is C12H17F3N4O5S. The lowest BCUT2D eigenvalue weighted by Crippen LogP contribution is -2.33. The number of carboxylic acids is 1. The van der Waals surface area contributed by atoms with Crippen molar-refractivity contribution in [1.82, 2.24) is 9.88 Å². The summed E-state index contributed by atoms with van der Waals surface area (Å²) in [7, 11) is 4.56. The minimum atomic E-state index is -5.08. The fraction of sp³-hybridized carbons (Fsp3) is 0.500. The number of carbonyl (C=O) groups is 3. The number of nitrogens with one attached hydrogen (secondary N) is 1. The van der Waals surface area contributed by atoms with Crippen LogP contribution in [-0.4, -0.2) is 66.4 Å². The molecular weight excluding hydrogens is 369 g/mol. The molecule has 0 aliphatic rings. The van der Waals surface area contributed by atoms with Gasteiger partial charge in [0.05, 0.1) is 12.8 Å². The molecule has 9 nitrogen and oxygen atoms in total. The SMILES string of the molecule is COC(=O)C(N)Cc1csc(NC(=O)N(C)C)n1.O=C(O)C(F)(F)F. The van der Waals surface area contributed by atoms with Crippen LogP contribution in [0, 0.1) is 0 Å². The molecule has 0 spiro atoms. The van der Waals surface area contributed by atoms with Gasteiger partial charge in [-0.05, 0) is 0 Å². The summed E-state index contributed by atoms with van der Waals surface area (Å²) in [6, 6.07) is -0.998. The van der Waals surface area contributed by atoms with E-state index in [2.05, 4.69) is 15.0 Å². The van der Waals surface area contributed by atoms with Crippen LogP contribution in [0.5, 0.6) is 0 Å². The number of nitrogens with two attached hydrogens (primary N) is 1. The van der Waals surface area contributed by atoms with Crippen LogP contribution in [0.3, 0.4) is 0 Å². The molecule has 13 heteroatoms. The highest BCUT2D eigenvalue weighted by Gasteiger charge is 2.38. The van der Waals surface area contributed by atoms with Crippen molar-refractivity contribution >= 4 is 34.4 Å². The number of esters is 1. The number of carbonyl (C=O) groups excluding carboxylic acids is 2. The first kappa shape index (κ1) is 22.6. The molecule has 4 N–H and O–H groups in total. The fourth-order valence-electron chi connectivity index (χ4n) is 1.12. The lowest BCUT2D eigenvalue weighted by molar-refractivity contribution is -0.192. The minimum Gasteiger partial charge on any atom is -0.475 e. The Morgan fingerprint density at radius 2 is 1.96 bits per heavy atom. The number of thiazole rings is 1. The van der Waals surface area contributed by atoms with E-state index in [9.17, 15) is 22.8 Å². The first-order valence-electron chi connectivity index (χ1n) is 6.44. The second-order valence-corrected chi connectivity index (χ2v) is 5.46. The van der Waals surface area contributed by atoms with E-state index in [-0.39, 0.29) is 12.5 Å². The summed E-state index contributed by atoms with van der Waals surface area (Å²) in [4.78, 5) is 37.0. The minimum absolute atomic E-state index is 0.256. The zero-order chi connectivity index (χ0) is 19.8. The van der Waals surface area contributed by atoms with Crippen molar-refractivity contribution in [3.8, 4) is 0 Å². The van der Waals surface area contributed by atoms with Gasteiger partial charge in [0.2, 0.25) is 0 Å². The van der Waals surface area contributed by atoms with Crippen molar-refractivity contribution in [3.05, 3.63) is 11.1 Å². The monoisotopic (exact) mass is 386 g/mol. The molecule has 0 saturated heterocycles. The fourth-order valence-corrected chi connectivity index (χ4v) is 1.83.